The third-order valence-corrected chi connectivity index (χ3v) is 4.62. The number of aliphatic imine (C=N–C) groups is 1. The first-order valence-electron chi connectivity index (χ1n) is 9.00. The van der Waals surface area contributed by atoms with Gasteiger partial charge in [0.05, 0.1) is 6.61 Å². The van der Waals surface area contributed by atoms with Crippen molar-refractivity contribution in [2.45, 2.75) is 19.8 Å². The van der Waals surface area contributed by atoms with Gasteiger partial charge in [-0.25, -0.2) is 4.39 Å². The minimum absolute atomic E-state index is 0. The maximum absolute atomic E-state index is 13.3. The van der Waals surface area contributed by atoms with E-state index < -0.39 is 0 Å². The maximum atomic E-state index is 13.3. The fourth-order valence-corrected chi connectivity index (χ4v) is 3.32. The number of fused-ring (bicyclic) bond motifs is 1. The van der Waals surface area contributed by atoms with Crippen LogP contribution >= 0.6 is 24.0 Å². The van der Waals surface area contributed by atoms with Gasteiger partial charge in [-0.1, -0.05) is 0 Å². The van der Waals surface area contributed by atoms with Crippen LogP contribution in [0.2, 0.25) is 0 Å². The van der Waals surface area contributed by atoms with Crippen molar-refractivity contribution in [1.82, 2.24) is 15.2 Å². The second-order valence-electron chi connectivity index (χ2n) is 6.60. The summed E-state index contributed by atoms with van der Waals surface area (Å²) < 4.78 is 18.7. The van der Waals surface area contributed by atoms with Crippen molar-refractivity contribution in [3.8, 4) is 0 Å². The van der Waals surface area contributed by atoms with E-state index in [-0.39, 0.29) is 29.8 Å². The Kier molecular flexibility index (Phi) is 8.15. The number of hydrogen-bond acceptors (Lipinski definition) is 2. The molecule has 144 valence electrons. The number of benzene rings is 1. The van der Waals surface area contributed by atoms with Crippen molar-refractivity contribution in [2.75, 3.05) is 39.9 Å². The van der Waals surface area contributed by atoms with E-state index in [1.165, 1.54) is 17.7 Å². The van der Waals surface area contributed by atoms with Crippen LogP contribution in [0.1, 0.15) is 18.9 Å². The highest BCUT2D eigenvalue weighted by Crippen LogP contribution is 2.19. The average molecular weight is 474 g/mol. The number of H-pyrrole nitrogens is 1. The van der Waals surface area contributed by atoms with Crippen molar-refractivity contribution >= 4 is 40.8 Å². The van der Waals surface area contributed by atoms with Crippen LogP contribution in [0, 0.1) is 11.7 Å². The molecule has 26 heavy (non-hydrogen) atoms. The summed E-state index contributed by atoms with van der Waals surface area (Å²) in [6.07, 6.45) is 3.89. The fraction of sp³-hybridized carbons (Fsp3) is 0.526. The summed E-state index contributed by atoms with van der Waals surface area (Å²) >= 11 is 0. The zero-order valence-electron chi connectivity index (χ0n) is 15.4. The lowest BCUT2D eigenvalue weighted by atomic mass is 10.1. The molecule has 2 aromatic rings. The van der Waals surface area contributed by atoms with E-state index in [0.717, 1.165) is 56.0 Å². The van der Waals surface area contributed by atoms with E-state index in [1.54, 1.807) is 0 Å². The second kappa shape index (κ2) is 10.1. The normalized spacial score (nSPS) is 17.3. The zero-order valence-corrected chi connectivity index (χ0v) is 17.8. The molecule has 1 atom stereocenters. The number of ether oxygens (including phenoxy) is 1. The van der Waals surface area contributed by atoms with Gasteiger partial charge in [0.15, 0.2) is 5.96 Å². The smallest absolute Gasteiger partial charge is 0.193 e. The predicted molar refractivity (Wildman–Crippen MR) is 115 cm³/mol. The van der Waals surface area contributed by atoms with Gasteiger partial charge in [0.25, 0.3) is 0 Å². The highest BCUT2D eigenvalue weighted by molar-refractivity contribution is 14.0. The summed E-state index contributed by atoms with van der Waals surface area (Å²) in [5.41, 5.74) is 2.01. The Labute approximate surface area is 171 Å². The molecule has 1 aliphatic rings. The Morgan fingerprint density at radius 1 is 1.46 bits per heavy atom. The average Bonchev–Trinajstić information content (AvgIpc) is 3.23. The van der Waals surface area contributed by atoms with Gasteiger partial charge >= 0.3 is 0 Å². The molecule has 0 aliphatic carbocycles. The quantitative estimate of drug-likeness (QED) is 0.384. The number of nitrogens with one attached hydrogen (secondary N) is 2. The van der Waals surface area contributed by atoms with E-state index in [0.29, 0.717) is 12.5 Å². The number of guanidine groups is 1. The van der Waals surface area contributed by atoms with E-state index in [2.05, 4.69) is 29.2 Å². The van der Waals surface area contributed by atoms with Gasteiger partial charge in [0, 0.05) is 56.3 Å². The van der Waals surface area contributed by atoms with Crippen molar-refractivity contribution < 1.29 is 9.13 Å². The van der Waals surface area contributed by atoms with Crippen LogP contribution in [0.25, 0.3) is 10.9 Å². The lowest BCUT2D eigenvalue weighted by Crippen LogP contribution is -2.41. The van der Waals surface area contributed by atoms with Crippen LogP contribution in [0.4, 0.5) is 4.39 Å². The molecule has 0 spiro atoms. The molecule has 1 unspecified atom stereocenters. The van der Waals surface area contributed by atoms with Crippen LogP contribution in [0.5, 0.6) is 0 Å². The first kappa shape index (κ1) is 21.0. The van der Waals surface area contributed by atoms with Crippen molar-refractivity contribution in [1.29, 1.82) is 0 Å². The minimum atomic E-state index is -0.217. The topological polar surface area (TPSA) is 52.7 Å². The Hall–Kier alpha value is -1.35. The molecule has 1 fully saturated rings. The largest absolute Gasteiger partial charge is 0.381 e. The minimum Gasteiger partial charge on any atom is -0.381 e. The molecule has 0 bridgehead atoms. The van der Waals surface area contributed by atoms with Gasteiger partial charge in [-0.05, 0) is 43.5 Å². The molecular weight excluding hydrogens is 446 g/mol. The molecule has 2 heterocycles. The summed E-state index contributed by atoms with van der Waals surface area (Å²) in [5, 5.41) is 4.43. The lowest BCUT2D eigenvalue weighted by molar-refractivity contribution is 0.181. The summed E-state index contributed by atoms with van der Waals surface area (Å²) in [4.78, 5) is 10.1. The molecule has 1 aliphatic heterocycles. The Morgan fingerprint density at radius 3 is 3.04 bits per heavy atom. The third kappa shape index (κ3) is 5.33. The molecule has 0 radical (unpaired) electrons. The predicted octanol–water partition coefficient (Wildman–Crippen LogP) is 3.40. The number of aromatic nitrogens is 1. The van der Waals surface area contributed by atoms with Crippen LogP contribution in [0.3, 0.4) is 0 Å². The zero-order chi connectivity index (χ0) is 17.6. The number of aromatic amines is 1. The second-order valence-corrected chi connectivity index (χ2v) is 6.60. The summed E-state index contributed by atoms with van der Waals surface area (Å²) in [5.74, 6) is 1.29. The molecular formula is C19H28FIN4O. The monoisotopic (exact) mass is 474 g/mol. The third-order valence-electron chi connectivity index (χ3n) is 4.62. The maximum Gasteiger partial charge on any atom is 0.193 e. The van der Waals surface area contributed by atoms with E-state index in [4.69, 9.17) is 9.73 Å². The highest BCUT2D eigenvalue weighted by atomic mass is 127. The molecule has 1 aromatic carbocycles. The summed E-state index contributed by atoms with van der Waals surface area (Å²) in [6, 6.07) is 4.87. The number of halogens is 2. The lowest BCUT2D eigenvalue weighted by Gasteiger charge is -2.24. The van der Waals surface area contributed by atoms with Gasteiger partial charge in [-0.15, -0.1) is 24.0 Å². The SMILES string of the molecule is CCNC(=NCCc1c[nH]c2cc(F)ccc12)N(C)CC1CCOC1.I. The van der Waals surface area contributed by atoms with E-state index >= 15 is 0 Å². The molecule has 3 rings (SSSR count). The molecule has 7 heteroatoms. The van der Waals surface area contributed by atoms with Crippen LogP contribution in [0.15, 0.2) is 29.4 Å². The van der Waals surface area contributed by atoms with Gasteiger partial charge in [0.1, 0.15) is 5.82 Å². The van der Waals surface area contributed by atoms with Gasteiger partial charge in [0.2, 0.25) is 0 Å². The van der Waals surface area contributed by atoms with Gasteiger partial charge in [-0.3, -0.25) is 4.99 Å². The number of rotatable bonds is 6. The first-order valence-corrected chi connectivity index (χ1v) is 9.00. The van der Waals surface area contributed by atoms with E-state index in [1.807, 2.05) is 12.3 Å². The standard InChI is InChI=1S/C19H27FN4O.HI/c1-3-21-19(24(2)12-14-7-9-25-13-14)22-8-6-15-11-23-18-10-16(20)4-5-17(15)18;/h4-5,10-11,14,23H,3,6-9,12-13H2,1-2H3,(H,21,22);1H. The Balaban J connectivity index is 0.00000243. The van der Waals surface area contributed by atoms with Crippen LogP contribution in [-0.4, -0.2) is 55.7 Å². The van der Waals surface area contributed by atoms with Gasteiger partial charge < -0.3 is 19.9 Å². The first-order chi connectivity index (χ1) is 12.2. The van der Waals surface area contributed by atoms with Crippen molar-refractivity contribution in [2.24, 2.45) is 10.9 Å². The summed E-state index contributed by atoms with van der Waals surface area (Å²) in [7, 11) is 2.08. The van der Waals surface area contributed by atoms with Crippen molar-refractivity contribution in [3.05, 3.63) is 35.8 Å². The summed E-state index contributed by atoms with van der Waals surface area (Å²) in [6.45, 7) is 6.28. The molecule has 1 aromatic heterocycles. The number of hydrogen-bond donors (Lipinski definition) is 2. The van der Waals surface area contributed by atoms with Gasteiger partial charge in [-0.2, -0.15) is 0 Å². The molecule has 0 amide bonds. The molecule has 0 saturated carbocycles. The number of nitrogens with zero attached hydrogens (tertiary/aromatic N) is 2. The van der Waals surface area contributed by atoms with Crippen molar-refractivity contribution in [3.63, 3.8) is 0 Å². The highest BCUT2D eigenvalue weighted by Gasteiger charge is 2.19. The Morgan fingerprint density at radius 2 is 2.31 bits per heavy atom. The Bertz CT molecular complexity index is 727. The molecule has 2 N–H and O–H groups in total. The van der Waals surface area contributed by atoms with Crippen LogP contribution < -0.4 is 5.32 Å². The van der Waals surface area contributed by atoms with E-state index in [9.17, 15) is 4.39 Å². The van der Waals surface area contributed by atoms with Crippen LogP contribution in [-0.2, 0) is 11.2 Å². The fourth-order valence-electron chi connectivity index (χ4n) is 3.32. The molecule has 1 saturated heterocycles. The molecule has 5 nitrogen and oxygen atoms in total.